The lowest BCUT2D eigenvalue weighted by Crippen LogP contribution is -2.35. The molecule has 0 aliphatic rings. The van der Waals surface area contributed by atoms with Gasteiger partial charge in [-0.1, -0.05) is 35.9 Å². The minimum absolute atomic E-state index is 0.417. The van der Waals surface area contributed by atoms with Crippen molar-refractivity contribution in [2.75, 3.05) is 7.11 Å². The topological polar surface area (TPSA) is 35.2 Å². The number of benzene rings is 2. The van der Waals surface area contributed by atoms with Crippen LogP contribution in [0.2, 0.25) is 0 Å². The van der Waals surface area contributed by atoms with Gasteiger partial charge in [0.15, 0.2) is 0 Å². The van der Waals surface area contributed by atoms with Crippen LogP contribution in [0.25, 0.3) is 0 Å². The van der Waals surface area contributed by atoms with Crippen LogP contribution in [-0.4, -0.2) is 7.11 Å². The van der Waals surface area contributed by atoms with Crippen LogP contribution in [0.3, 0.4) is 0 Å². The molecule has 2 nitrogen and oxygen atoms in total. The molecule has 0 saturated carbocycles. The fourth-order valence-electron chi connectivity index (χ4n) is 2.64. The minimum atomic E-state index is -0.417. The first-order valence-corrected chi connectivity index (χ1v) is 7.33. The molecule has 21 heavy (non-hydrogen) atoms. The molecule has 2 aromatic carbocycles. The van der Waals surface area contributed by atoms with E-state index in [4.69, 9.17) is 10.5 Å². The molecule has 2 heteroatoms. The summed E-state index contributed by atoms with van der Waals surface area (Å²) in [5.74, 6) is 0.904. The zero-order valence-electron chi connectivity index (χ0n) is 13.7. The smallest absolute Gasteiger partial charge is 0.122 e. The second kappa shape index (κ2) is 5.90. The number of nitrogens with two attached hydrogens (primary N) is 1. The van der Waals surface area contributed by atoms with E-state index in [0.717, 1.165) is 23.3 Å². The van der Waals surface area contributed by atoms with Gasteiger partial charge in [0.05, 0.1) is 7.11 Å². The molecule has 0 amide bonds. The summed E-state index contributed by atoms with van der Waals surface area (Å²) in [6.45, 7) is 8.42. The van der Waals surface area contributed by atoms with E-state index in [9.17, 15) is 0 Å². The van der Waals surface area contributed by atoms with Crippen LogP contribution in [0.5, 0.6) is 5.75 Å². The average molecular weight is 283 g/mol. The number of hydrogen-bond acceptors (Lipinski definition) is 2. The van der Waals surface area contributed by atoms with E-state index in [1.54, 1.807) is 7.11 Å². The second-order valence-corrected chi connectivity index (χ2v) is 6.21. The van der Waals surface area contributed by atoms with Crippen molar-refractivity contribution in [1.82, 2.24) is 0 Å². The highest BCUT2D eigenvalue weighted by Crippen LogP contribution is 2.29. The summed E-state index contributed by atoms with van der Waals surface area (Å²) in [5.41, 5.74) is 12.3. The second-order valence-electron chi connectivity index (χ2n) is 6.21. The Balaban J connectivity index is 2.36. The van der Waals surface area contributed by atoms with E-state index in [2.05, 4.69) is 58.0 Å². The molecule has 0 saturated heterocycles. The van der Waals surface area contributed by atoms with Gasteiger partial charge in [-0.25, -0.2) is 0 Å². The largest absolute Gasteiger partial charge is 0.496 e. The summed E-state index contributed by atoms with van der Waals surface area (Å²) in [7, 11) is 1.71. The van der Waals surface area contributed by atoms with Crippen molar-refractivity contribution in [3.63, 3.8) is 0 Å². The predicted molar refractivity (Wildman–Crippen MR) is 88.9 cm³/mol. The lowest BCUT2D eigenvalue weighted by Gasteiger charge is -2.27. The van der Waals surface area contributed by atoms with Crippen molar-refractivity contribution in [3.05, 3.63) is 64.2 Å². The third kappa shape index (κ3) is 3.45. The first-order valence-electron chi connectivity index (χ1n) is 7.33. The fourth-order valence-corrected chi connectivity index (χ4v) is 2.64. The van der Waals surface area contributed by atoms with Crippen molar-refractivity contribution in [2.45, 2.75) is 39.7 Å². The quantitative estimate of drug-likeness (QED) is 0.919. The summed E-state index contributed by atoms with van der Waals surface area (Å²) in [6, 6.07) is 12.7. The lowest BCUT2D eigenvalue weighted by atomic mass is 9.84. The van der Waals surface area contributed by atoms with Gasteiger partial charge in [0.2, 0.25) is 0 Å². The van der Waals surface area contributed by atoms with Gasteiger partial charge < -0.3 is 10.5 Å². The van der Waals surface area contributed by atoms with Crippen molar-refractivity contribution >= 4 is 0 Å². The van der Waals surface area contributed by atoms with E-state index in [1.807, 2.05) is 6.07 Å². The van der Waals surface area contributed by atoms with E-state index in [-0.39, 0.29) is 0 Å². The maximum absolute atomic E-state index is 6.61. The van der Waals surface area contributed by atoms with Crippen LogP contribution < -0.4 is 10.5 Å². The molecule has 2 N–H and O–H groups in total. The highest BCUT2D eigenvalue weighted by atomic mass is 16.5. The van der Waals surface area contributed by atoms with Gasteiger partial charge in [0, 0.05) is 5.54 Å². The molecular weight excluding hydrogens is 258 g/mol. The zero-order valence-corrected chi connectivity index (χ0v) is 13.7. The van der Waals surface area contributed by atoms with E-state index >= 15 is 0 Å². The van der Waals surface area contributed by atoms with Crippen molar-refractivity contribution in [1.29, 1.82) is 0 Å². The van der Waals surface area contributed by atoms with Crippen molar-refractivity contribution < 1.29 is 4.74 Å². The van der Waals surface area contributed by atoms with Crippen LogP contribution in [-0.2, 0) is 12.0 Å². The Morgan fingerprint density at radius 1 is 1.00 bits per heavy atom. The maximum Gasteiger partial charge on any atom is 0.122 e. The number of aryl methyl sites for hydroxylation is 3. The molecule has 0 bridgehead atoms. The standard InChI is InChI=1S/C19H25NO/c1-13-6-9-18(21-5)16(10-13)12-19(4,20)17-8-7-14(2)15(3)11-17/h6-11H,12,20H2,1-5H3. The van der Waals surface area contributed by atoms with Crippen molar-refractivity contribution in [3.8, 4) is 5.75 Å². The number of methoxy groups -OCH3 is 1. The Morgan fingerprint density at radius 2 is 1.71 bits per heavy atom. The third-order valence-electron chi connectivity index (χ3n) is 4.16. The maximum atomic E-state index is 6.61. The fraction of sp³-hybridized carbons (Fsp3) is 0.368. The number of rotatable bonds is 4. The van der Waals surface area contributed by atoms with E-state index in [1.165, 1.54) is 16.7 Å². The molecular formula is C19H25NO. The first-order chi connectivity index (χ1) is 9.83. The summed E-state index contributed by atoms with van der Waals surface area (Å²) >= 11 is 0. The highest BCUT2D eigenvalue weighted by molar-refractivity contribution is 5.41. The Hall–Kier alpha value is -1.80. The lowest BCUT2D eigenvalue weighted by molar-refractivity contribution is 0.399. The molecule has 0 fully saturated rings. The third-order valence-corrected chi connectivity index (χ3v) is 4.16. The molecule has 0 spiro atoms. The molecule has 0 radical (unpaired) electrons. The Kier molecular flexibility index (Phi) is 4.38. The van der Waals surface area contributed by atoms with Gasteiger partial charge in [-0.15, -0.1) is 0 Å². The molecule has 0 heterocycles. The van der Waals surface area contributed by atoms with Gasteiger partial charge in [0.1, 0.15) is 5.75 Å². The van der Waals surface area contributed by atoms with Gasteiger partial charge in [-0.2, -0.15) is 0 Å². The molecule has 1 unspecified atom stereocenters. The van der Waals surface area contributed by atoms with E-state index in [0.29, 0.717) is 0 Å². The molecule has 2 rings (SSSR count). The van der Waals surface area contributed by atoms with Gasteiger partial charge in [-0.3, -0.25) is 0 Å². The van der Waals surface area contributed by atoms with Gasteiger partial charge in [-0.05, 0) is 62.4 Å². The summed E-state index contributed by atoms with van der Waals surface area (Å²) < 4.78 is 5.47. The van der Waals surface area contributed by atoms with Crippen LogP contribution in [0, 0.1) is 20.8 Å². The zero-order chi connectivity index (χ0) is 15.6. The Morgan fingerprint density at radius 3 is 2.33 bits per heavy atom. The van der Waals surface area contributed by atoms with Gasteiger partial charge >= 0.3 is 0 Å². The van der Waals surface area contributed by atoms with Gasteiger partial charge in [0.25, 0.3) is 0 Å². The molecule has 0 aliphatic heterocycles. The van der Waals surface area contributed by atoms with E-state index < -0.39 is 5.54 Å². The predicted octanol–water partition coefficient (Wildman–Crippen LogP) is 4.04. The van der Waals surface area contributed by atoms with Crippen LogP contribution in [0.4, 0.5) is 0 Å². The monoisotopic (exact) mass is 283 g/mol. The minimum Gasteiger partial charge on any atom is -0.496 e. The van der Waals surface area contributed by atoms with Crippen LogP contribution >= 0.6 is 0 Å². The molecule has 0 aromatic heterocycles. The Labute approximate surface area is 127 Å². The van der Waals surface area contributed by atoms with Crippen molar-refractivity contribution in [2.24, 2.45) is 5.73 Å². The summed E-state index contributed by atoms with van der Waals surface area (Å²) in [6.07, 6.45) is 0.750. The molecule has 112 valence electrons. The first kappa shape index (κ1) is 15.6. The van der Waals surface area contributed by atoms with Crippen LogP contribution in [0.15, 0.2) is 36.4 Å². The molecule has 0 aliphatic carbocycles. The Bertz CT molecular complexity index is 644. The number of ether oxygens (including phenoxy) is 1. The summed E-state index contributed by atoms with van der Waals surface area (Å²) in [5, 5.41) is 0. The number of hydrogen-bond donors (Lipinski definition) is 1. The molecule has 2 aromatic rings. The molecule has 1 atom stereocenters. The summed E-state index contributed by atoms with van der Waals surface area (Å²) in [4.78, 5) is 0. The average Bonchev–Trinajstić information content (AvgIpc) is 2.41. The highest BCUT2D eigenvalue weighted by Gasteiger charge is 2.23. The SMILES string of the molecule is COc1ccc(C)cc1CC(C)(N)c1ccc(C)c(C)c1. The van der Waals surface area contributed by atoms with Crippen LogP contribution in [0.1, 0.15) is 34.7 Å². The normalized spacial score (nSPS) is 13.8.